The molecule has 3 aromatic rings. The normalized spacial score (nSPS) is 12.7. The molecule has 0 aliphatic carbocycles. The Labute approximate surface area is 237 Å². The molecule has 0 bridgehead atoms. The van der Waals surface area contributed by atoms with Crippen LogP contribution in [0.3, 0.4) is 0 Å². The lowest BCUT2D eigenvalue weighted by Gasteiger charge is -2.31. The number of amides is 2. The molecule has 0 N–H and O–H groups in total. The van der Waals surface area contributed by atoms with Crippen LogP contribution >= 0.6 is 22.9 Å². The van der Waals surface area contributed by atoms with Crippen molar-refractivity contribution < 1.29 is 57.9 Å². The maximum Gasteiger partial charge on any atom is 0.435 e. The molecule has 0 aliphatic rings. The lowest BCUT2D eigenvalue weighted by molar-refractivity contribution is -0.348. The molecule has 41 heavy (non-hydrogen) atoms. The third-order valence-corrected chi connectivity index (χ3v) is 6.72. The fraction of sp³-hybridized carbons (Fsp3) is 0.200. The van der Waals surface area contributed by atoms with Gasteiger partial charge in [0, 0.05) is 23.9 Å². The number of hydrogen-bond acceptors (Lipinski definition) is 2. The molecule has 0 aliphatic heterocycles. The smallest absolute Gasteiger partial charge is 0.311 e. The Hall–Kier alpha value is -3.44. The molecule has 0 aromatic heterocycles. The lowest BCUT2D eigenvalue weighted by atomic mass is 9.92. The molecule has 4 nitrogen and oxygen atoms in total. The van der Waals surface area contributed by atoms with Crippen LogP contribution in [0.2, 0.25) is 0 Å². The van der Waals surface area contributed by atoms with Gasteiger partial charge in [-0.15, -0.1) is 0 Å². The van der Waals surface area contributed by atoms with Gasteiger partial charge in [-0.1, -0.05) is 24.3 Å². The largest absolute Gasteiger partial charge is 0.435 e. The van der Waals surface area contributed by atoms with E-state index in [1.54, 1.807) is 0 Å². The van der Waals surface area contributed by atoms with Gasteiger partial charge in [0.15, 0.2) is 0 Å². The number of anilines is 2. The molecular weight excluding hydrogens is 696 g/mol. The van der Waals surface area contributed by atoms with Crippen molar-refractivity contribution in [2.75, 3.05) is 15.1 Å². The van der Waals surface area contributed by atoms with Gasteiger partial charge < -0.3 is 4.90 Å². The highest BCUT2D eigenvalue weighted by Gasteiger charge is 2.73. The molecule has 0 heterocycles. The van der Waals surface area contributed by atoms with Gasteiger partial charge in [0.2, 0.25) is 0 Å². The number of benzene rings is 3. The van der Waals surface area contributed by atoms with Crippen molar-refractivity contribution in [1.29, 1.82) is 0 Å². The highest BCUT2D eigenvalue weighted by molar-refractivity contribution is 14.1. The van der Waals surface area contributed by atoms with Crippen molar-refractivity contribution in [3.05, 3.63) is 94.8 Å². The standard InChI is InChI=1S/C25H14F11IN2O2/c1-38(21(41)16-7-2-3-8-18(16)26)15-6-4-5-13(11-15)20(40)39(37)19-10-9-14(12-17(19)23(28,29)30)22(27,24(31,32)33)25(34,35)36/h2-12H,1H3. The first-order valence-corrected chi connectivity index (χ1v) is 11.8. The number of rotatable bonds is 5. The third-order valence-electron chi connectivity index (χ3n) is 5.76. The first-order valence-electron chi connectivity index (χ1n) is 10.9. The van der Waals surface area contributed by atoms with Crippen LogP contribution in [-0.2, 0) is 11.8 Å². The lowest BCUT2D eigenvalue weighted by Crippen LogP contribution is -2.50. The summed E-state index contributed by atoms with van der Waals surface area (Å²) >= 11 is 1.04. The van der Waals surface area contributed by atoms with Crippen LogP contribution in [0.4, 0.5) is 59.7 Å². The Balaban J connectivity index is 2.04. The Morgan fingerprint density at radius 1 is 0.732 bits per heavy atom. The van der Waals surface area contributed by atoms with E-state index in [4.69, 9.17) is 0 Å². The fourth-order valence-corrected chi connectivity index (χ4v) is 4.34. The quantitative estimate of drug-likeness (QED) is 0.152. The van der Waals surface area contributed by atoms with Gasteiger partial charge >= 0.3 is 24.2 Å². The van der Waals surface area contributed by atoms with Crippen molar-refractivity contribution in [2.24, 2.45) is 0 Å². The topological polar surface area (TPSA) is 40.6 Å². The summed E-state index contributed by atoms with van der Waals surface area (Å²) < 4.78 is 149. The van der Waals surface area contributed by atoms with Crippen LogP contribution in [0.5, 0.6) is 0 Å². The molecule has 0 fully saturated rings. The van der Waals surface area contributed by atoms with Gasteiger partial charge in [0.25, 0.3) is 11.8 Å². The zero-order chi connectivity index (χ0) is 31.1. The number of carbonyl (C=O) groups is 2. The van der Waals surface area contributed by atoms with E-state index in [0.717, 1.165) is 46.0 Å². The summed E-state index contributed by atoms with van der Waals surface area (Å²) in [6.07, 6.45) is -19.0. The minimum atomic E-state index is -6.66. The van der Waals surface area contributed by atoms with Crippen LogP contribution in [0.1, 0.15) is 31.8 Å². The minimum absolute atomic E-state index is 0.0159. The van der Waals surface area contributed by atoms with Crippen molar-refractivity contribution in [3.8, 4) is 0 Å². The number of alkyl halides is 10. The number of carbonyl (C=O) groups excluding carboxylic acids is 2. The van der Waals surface area contributed by atoms with E-state index in [0.29, 0.717) is 0 Å². The van der Waals surface area contributed by atoms with Gasteiger partial charge in [-0.05, 0) is 42.5 Å². The van der Waals surface area contributed by atoms with Crippen LogP contribution in [0.15, 0.2) is 66.7 Å². The van der Waals surface area contributed by atoms with E-state index in [-0.39, 0.29) is 32.1 Å². The molecule has 16 heteroatoms. The number of hydrogen-bond donors (Lipinski definition) is 0. The molecule has 0 atom stereocenters. The maximum absolute atomic E-state index is 14.4. The van der Waals surface area contributed by atoms with E-state index in [9.17, 15) is 57.9 Å². The predicted molar refractivity (Wildman–Crippen MR) is 133 cm³/mol. The van der Waals surface area contributed by atoms with E-state index in [1.165, 1.54) is 37.4 Å². The van der Waals surface area contributed by atoms with E-state index < -0.39 is 64.7 Å². The maximum atomic E-state index is 14.4. The van der Waals surface area contributed by atoms with E-state index in [1.807, 2.05) is 0 Å². The van der Waals surface area contributed by atoms with E-state index >= 15 is 0 Å². The summed E-state index contributed by atoms with van der Waals surface area (Å²) in [5, 5.41) is 0. The number of nitrogens with zero attached hydrogens (tertiary/aromatic N) is 2. The van der Waals surface area contributed by atoms with Gasteiger partial charge in [-0.3, -0.25) is 9.59 Å². The van der Waals surface area contributed by atoms with Gasteiger partial charge in [-0.2, -0.15) is 39.5 Å². The summed E-state index contributed by atoms with van der Waals surface area (Å²) in [4.78, 5) is 26.7. The molecule has 0 spiro atoms. The van der Waals surface area contributed by atoms with Gasteiger partial charge in [0.05, 0.1) is 39.7 Å². The second-order valence-electron chi connectivity index (χ2n) is 8.36. The van der Waals surface area contributed by atoms with Crippen LogP contribution in [-0.4, -0.2) is 31.2 Å². The summed E-state index contributed by atoms with van der Waals surface area (Å²) in [5.41, 5.74) is -12.6. The van der Waals surface area contributed by atoms with Crippen molar-refractivity contribution in [1.82, 2.24) is 0 Å². The van der Waals surface area contributed by atoms with Crippen LogP contribution in [0, 0.1) is 5.82 Å². The van der Waals surface area contributed by atoms with Crippen molar-refractivity contribution in [2.45, 2.75) is 24.2 Å². The second kappa shape index (κ2) is 11.1. The molecule has 3 aromatic carbocycles. The summed E-state index contributed by atoms with van der Waals surface area (Å²) in [6.45, 7) is 0. The van der Waals surface area contributed by atoms with Crippen molar-refractivity contribution in [3.63, 3.8) is 0 Å². The highest BCUT2D eigenvalue weighted by Crippen LogP contribution is 2.54. The zero-order valence-electron chi connectivity index (χ0n) is 20.1. The minimum Gasteiger partial charge on any atom is -0.311 e. The molecule has 0 saturated carbocycles. The summed E-state index contributed by atoms with van der Waals surface area (Å²) in [6, 6.07) is 8.87. The van der Waals surface area contributed by atoms with Crippen LogP contribution in [0.25, 0.3) is 0 Å². The van der Waals surface area contributed by atoms with Gasteiger partial charge in [-0.25, -0.2) is 11.9 Å². The average molecular weight is 710 g/mol. The molecule has 3 rings (SSSR count). The summed E-state index contributed by atoms with van der Waals surface area (Å²) in [7, 11) is 1.21. The molecule has 0 unspecified atom stereocenters. The molecule has 0 saturated heterocycles. The Bertz CT molecular complexity index is 1450. The predicted octanol–water partition coefficient (Wildman–Crippen LogP) is 8.41. The molecule has 2 amide bonds. The highest BCUT2D eigenvalue weighted by atomic mass is 127. The Morgan fingerprint density at radius 3 is 1.85 bits per heavy atom. The van der Waals surface area contributed by atoms with Crippen LogP contribution < -0.4 is 8.01 Å². The zero-order valence-corrected chi connectivity index (χ0v) is 22.3. The van der Waals surface area contributed by atoms with Gasteiger partial charge in [0.1, 0.15) is 5.82 Å². The molecule has 0 radical (unpaired) electrons. The SMILES string of the molecule is CN(C(=O)c1ccccc1F)c1cccc(C(=O)N(I)c2ccc(C(F)(C(F)(F)F)C(F)(F)F)cc2C(F)(F)F)c1. The fourth-order valence-electron chi connectivity index (χ4n) is 3.64. The molecule has 220 valence electrons. The average Bonchev–Trinajstić information content (AvgIpc) is 2.89. The second-order valence-corrected chi connectivity index (χ2v) is 9.33. The Morgan fingerprint density at radius 2 is 1.32 bits per heavy atom. The van der Waals surface area contributed by atoms with Crippen molar-refractivity contribution >= 4 is 46.1 Å². The summed E-state index contributed by atoms with van der Waals surface area (Å²) in [5.74, 6) is -2.94. The van der Waals surface area contributed by atoms with E-state index in [2.05, 4.69) is 0 Å². The first kappa shape index (κ1) is 32.1. The monoisotopic (exact) mass is 710 g/mol. The number of halogens is 12. The third kappa shape index (κ3) is 6.11. The Kier molecular flexibility index (Phi) is 8.68. The molecular formula is C25H14F11IN2O2. The first-order chi connectivity index (χ1) is 18.7.